The molecule has 0 saturated carbocycles. The predicted molar refractivity (Wildman–Crippen MR) is 98.8 cm³/mol. The lowest BCUT2D eigenvalue weighted by molar-refractivity contribution is -0.121. The summed E-state index contributed by atoms with van der Waals surface area (Å²) in [6, 6.07) is 7.61. The van der Waals surface area contributed by atoms with Crippen LogP contribution < -0.4 is 10.7 Å². The SMILES string of the molecule is CC1CC(=O)NN=C1c1ccc(NC(=O)c2ccc(Cl)nc2Cl)c(O)c1. The van der Waals surface area contributed by atoms with Gasteiger partial charge in [-0.05, 0) is 24.3 Å². The third-order valence-electron chi connectivity index (χ3n) is 3.86. The maximum atomic E-state index is 12.3. The molecule has 0 bridgehead atoms. The number of nitrogens with one attached hydrogen (secondary N) is 2. The molecule has 0 fully saturated rings. The maximum absolute atomic E-state index is 12.3. The highest BCUT2D eigenvalue weighted by Crippen LogP contribution is 2.28. The van der Waals surface area contributed by atoms with E-state index < -0.39 is 5.91 Å². The van der Waals surface area contributed by atoms with Crippen LogP contribution in [0.3, 0.4) is 0 Å². The molecule has 1 aromatic carbocycles. The van der Waals surface area contributed by atoms with Gasteiger partial charge in [0.1, 0.15) is 16.1 Å². The van der Waals surface area contributed by atoms with Crippen LogP contribution in [0.4, 0.5) is 5.69 Å². The summed E-state index contributed by atoms with van der Waals surface area (Å²) in [7, 11) is 0. The fourth-order valence-corrected chi connectivity index (χ4v) is 3.00. The third kappa shape index (κ3) is 3.79. The zero-order valence-electron chi connectivity index (χ0n) is 13.6. The number of amides is 2. The molecule has 1 unspecified atom stereocenters. The van der Waals surface area contributed by atoms with Gasteiger partial charge in [0.2, 0.25) is 5.91 Å². The number of anilines is 1. The Balaban J connectivity index is 1.82. The van der Waals surface area contributed by atoms with E-state index in [-0.39, 0.29) is 39.1 Å². The minimum atomic E-state index is -0.530. The Hall–Kier alpha value is -2.64. The van der Waals surface area contributed by atoms with Gasteiger partial charge in [-0.1, -0.05) is 36.2 Å². The van der Waals surface area contributed by atoms with E-state index in [0.717, 1.165) is 0 Å². The van der Waals surface area contributed by atoms with E-state index in [2.05, 4.69) is 20.8 Å². The fraction of sp³-hybridized carbons (Fsp3) is 0.176. The van der Waals surface area contributed by atoms with E-state index in [0.29, 0.717) is 17.7 Å². The molecule has 3 rings (SSSR count). The molecular weight excluding hydrogens is 379 g/mol. The van der Waals surface area contributed by atoms with Crippen LogP contribution in [0.15, 0.2) is 35.4 Å². The minimum Gasteiger partial charge on any atom is -0.506 e. The highest BCUT2D eigenvalue weighted by atomic mass is 35.5. The minimum absolute atomic E-state index is 0.0350. The number of rotatable bonds is 3. The van der Waals surface area contributed by atoms with Crippen molar-refractivity contribution in [3.63, 3.8) is 0 Å². The number of halogens is 2. The van der Waals surface area contributed by atoms with E-state index >= 15 is 0 Å². The highest BCUT2D eigenvalue weighted by molar-refractivity contribution is 6.35. The normalized spacial score (nSPS) is 16.7. The topological polar surface area (TPSA) is 104 Å². The van der Waals surface area contributed by atoms with Crippen molar-refractivity contribution >= 4 is 46.4 Å². The van der Waals surface area contributed by atoms with Gasteiger partial charge in [-0.2, -0.15) is 5.10 Å². The number of benzene rings is 1. The van der Waals surface area contributed by atoms with Gasteiger partial charge in [0.25, 0.3) is 5.91 Å². The molecule has 0 saturated heterocycles. The maximum Gasteiger partial charge on any atom is 0.258 e. The molecule has 1 aromatic heterocycles. The Morgan fingerprint density at radius 1 is 1.31 bits per heavy atom. The van der Waals surface area contributed by atoms with Crippen molar-refractivity contribution in [2.75, 3.05) is 5.32 Å². The van der Waals surface area contributed by atoms with Crippen LogP contribution in [0.1, 0.15) is 29.3 Å². The smallest absolute Gasteiger partial charge is 0.258 e. The van der Waals surface area contributed by atoms with E-state index in [4.69, 9.17) is 23.2 Å². The summed E-state index contributed by atoms with van der Waals surface area (Å²) in [5.74, 6) is -0.899. The second-order valence-corrected chi connectivity index (χ2v) is 6.54. The molecule has 2 amide bonds. The van der Waals surface area contributed by atoms with E-state index in [9.17, 15) is 14.7 Å². The van der Waals surface area contributed by atoms with Gasteiger partial charge in [-0.15, -0.1) is 0 Å². The number of hydrogen-bond donors (Lipinski definition) is 3. The van der Waals surface area contributed by atoms with Gasteiger partial charge >= 0.3 is 0 Å². The van der Waals surface area contributed by atoms with Crippen molar-refractivity contribution < 1.29 is 14.7 Å². The molecule has 2 heterocycles. The molecule has 0 aliphatic carbocycles. The van der Waals surface area contributed by atoms with Crippen LogP contribution in [0.5, 0.6) is 5.75 Å². The molecule has 9 heteroatoms. The third-order valence-corrected chi connectivity index (χ3v) is 4.36. The average molecular weight is 393 g/mol. The number of nitrogens with zero attached hydrogens (tertiary/aromatic N) is 2. The van der Waals surface area contributed by atoms with Gasteiger partial charge in [0.05, 0.1) is 17.0 Å². The lowest BCUT2D eigenvalue weighted by Gasteiger charge is -2.19. The number of carbonyl (C=O) groups is 2. The van der Waals surface area contributed by atoms with Crippen LogP contribution in [-0.4, -0.2) is 27.6 Å². The van der Waals surface area contributed by atoms with Crippen molar-refractivity contribution in [1.82, 2.24) is 10.4 Å². The number of carbonyl (C=O) groups excluding carboxylic acids is 2. The lowest BCUT2D eigenvalue weighted by Crippen LogP contribution is -2.31. The first-order valence-electron chi connectivity index (χ1n) is 7.68. The monoisotopic (exact) mass is 392 g/mol. The zero-order valence-corrected chi connectivity index (χ0v) is 15.1. The summed E-state index contributed by atoms with van der Waals surface area (Å²) in [6.45, 7) is 1.87. The Morgan fingerprint density at radius 2 is 2.08 bits per heavy atom. The van der Waals surface area contributed by atoms with Crippen molar-refractivity contribution in [3.05, 3.63) is 51.8 Å². The van der Waals surface area contributed by atoms with E-state index in [1.807, 2.05) is 6.92 Å². The molecule has 1 aliphatic heterocycles. The summed E-state index contributed by atoms with van der Waals surface area (Å²) < 4.78 is 0. The van der Waals surface area contributed by atoms with Crippen molar-refractivity contribution in [2.24, 2.45) is 11.0 Å². The Kier molecular flexibility index (Phi) is 5.11. The standard InChI is InChI=1S/C17H14Cl2N4O3/c1-8-6-14(25)22-23-15(8)9-2-4-11(12(24)7-9)20-17(26)10-3-5-13(18)21-16(10)19/h2-5,7-8,24H,6H2,1H3,(H,20,26)(H,22,25). The summed E-state index contributed by atoms with van der Waals surface area (Å²) in [5, 5.41) is 17.0. The molecule has 3 N–H and O–H groups in total. The van der Waals surface area contributed by atoms with Crippen LogP contribution in [-0.2, 0) is 4.79 Å². The molecule has 134 valence electrons. The average Bonchev–Trinajstić information content (AvgIpc) is 2.56. The second-order valence-electron chi connectivity index (χ2n) is 5.80. The highest BCUT2D eigenvalue weighted by Gasteiger charge is 2.22. The molecule has 2 aromatic rings. The first kappa shape index (κ1) is 18.2. The quantitative estimate of drug-likeness (QED) is 0.550. The van der Waals surface area contributed by atoms with Crippen molar-refractivity contribution in [3.8, 4) is 5.75 Å². The number of pyridine rings is 1. The fourth-order valence-electron chi connectivity index (χ4n) is 2.57. The van der Waals surface area contributed by atoms with Gasteiger partial charge in [-0.3, -0.25) is 9.59 Å². The van der Waals surface area contributed by atoms with Gasteiger partial charge in [0.15, 0.2) is 0 Å². The molecule has 0 radical (unpaired) electrons. The summed E-state index contributed by atoms with van der Waals surface area (Å²) in [6.07, 6.45) is 0.320. The molecule has 1 aliphatic rings. The van der Waals surface area contributed by atoms with Crippen LogP contribution in [0, 0.1) is 5.92 Å². The van der Waals surface area contributed by atoms with Crippen molar-refractivity contribution in [1.29, 1.82) is 0 Å². The van der Waals surface area contributed by atoms with E-state index in [1.54, 1.807) is 12.1 Å². The van der Waals surface area contributed by atoms with Crippen molar-refractivity contribution in [2.45, 2.75) is 13.3 Å². The molecular formula is C17H14Cl2N4O3. The Labute approximate surface area is 159 Å². The summed E-state index contributed by atoms with van der Waals surface area (Å²) in [5.41, 5.74) is 4.07. The Bertz CT molecular complexity index is 930. The predicted octanol–water partition coefficient (Wildman–Crippen LogP) is 3.21. The van der Waals surface area contributed by atoms with Crippen LogP contribution in [0.25, 0.3) is 0 Å². The van der Waals surface area contributed by atoms with Gasteiger partial charge < -0.3 is 10.4 Å². The second kappa shape index (κ2) is 7.31. The largest absolute Gasteiger partial charge is 0.506 e. The summed E-state index contributed by atoms with van der Waals surface area (Å²) in [4.78, 5) is 27.5. The zero-order chi connectivity index (χ0) is 18.8. The molecule has 1 atom stereocenters. The summed E-state index contributed by atoms with van der Waals surface area (Å²) >= 11 is 11.6. The Morgan fingerprint density at radius 3 is 2.73 bits per heavy atom. The van der Waals surface area contributed by atoms with Gasteiger partial charge in [0, 0.05) is 17.9 Å². The molecule has 26 heavy (non-hydrogen) atoms. The number of hydrazone groups is 1. The number of phenols is 1. The number of phenolic OH excluding ortho intramolecular Hbond substituents is 1. The lowest BCUT2D eigenvalue weighted by atomic mass is 9.94. The molecule has 7 nitrogen and oxygen atoms in total. The first-order valence-corrected chi connectivity index (χ1v) is 8.44. The van der Waals surface area contributed by atoms with Gasteiger partial charge in [-0.25, -0.2) is 10.4 Å². The number of hydrogen-bond acceptors (Lipinski definition) is 5. The van der Waals surface area contributed by atoms with E-state index in [1.165, 1.54) is 18.2 Å². The van der Waals surface area contributed by atoms with Crippen LogP contribution in [0.2, 0.25) is 10.3 Å². The first-order chi connectivity index (χ1) is 12.3. The molecule has 0 spiro atoms. The number of aromatic nitrogens is 1. The number of aromatic hydroxyl groups is 1. The van der Waals surface area contributed by atoms with Crippen LogP contribution >= 0.6 is 23.2 Å².